The number of benzene rings is 1. The van der Waals surface area contributed by atoms with Crippen molar-refractivity contribution in [1.29, 1.82) is 0 Å². The lowest BCUT2D eigenvalue weighted by Gasteiger charge is -2.33. The number of hydrogen-bond donors (Lipinski definition) is 1. The molecule has 1 saturated heterocycles. The standard InChI is InChI=1S/C16H24BrFN2/c1-12(2)20(11-15-5-3-4-8-19-15)10-13-9-14(18)6-7-16(13)17/h6-7,9,12,15,19H,3-5,8,10-11H2,1-2H3. The average Bonchev–Trinajstić information content (AvgIpc) is 2.43. The van der Waals surface area contributed by atoms with Crippen LogP contribution in [0.3, 0.4) is 0 Å². The smallest absolute Gasteiger partial charge is 0.123 e. The minimum atomic E-state index is -0.164. The van der Waals surface area contributed by atoms with Crippen LogP contribution in [0.4, 0.5) is 4.39 Å². The molecule has 1 fully saturated rings. The lowest BCUT2D eigenvalue weighted by atomic mass is 10.0. The molecule has 1 aliphatic rings. The Morgan fingerprint density at radius 2 is 2.20 bits per heavy atom. The molecule has 20 heavy (non-hydrogen) atoms. The van der Waals surface area contributed by atoms with Gasteiger partial charge in [-0.2, -0.15) is 0 Å². The van der Waals surface area contributed by atoms with E-state index in [0.717, 1.165) is 29.7 Å². The van der Waals surface area contributed by atoms with E-state index in [0.29, 0.717) is 12.1 Å². The van der Waals surface area contributed by atoms with Crippen molar-refractivity contribution in [3.05, 3.63) is 34.1 Å². The number of hydrogen-bond acceptors (Lipinski definition) is 2. The minimum Gasteiger partial charge on any atom is -0.313 e. The Balaban J connectivity index is 2.02. The summed E-state index contributed by atoms with van der Waals surface area (Å²) in [7, 11) is 0. The normalized spacial score (nSPS) is 19.8. The summed E-state index contributed by atoms with van der Waals surface area (Å²) >= 11 is 3.52. The zero-order valence-electron chi connectivity index (χ0n) is 12.3. The molecule has 0 saturated carbocycles. The highest BCUT2D eigenvalue weighted by molar-refractivity contribution is 9.10. The number of rotatable bonds is 5. The van der Waals surface area contributed by atoms with Crippen LogP contribution in [-0.4, -0.2) is 30.1 Å². The highest BCUT2D eigenvalue weighted by atomic mass is 79.9. The van der Waals surface area contributed by atoms with E-state index < -0.39 is 0 Å². The summed E-state index contributed by atoms with van der Waals surface area (Å²) < 4.78 is 14.4. The van der Waals surface area contributed by atoms with Gasteiger partial charge in [-0.15, -0.1) is 0 Å². The monoisotopic (exact) mass is 342 g/mol. The number of piperidine rings is 1. The SMILES string of the molecule is CC(C)N(Cc1cc(F)ccc1Br)CC1CCCCN1. The number of nitrogens with zero attached hydrogens (tertiary/aromatic N) is 1. The molecule has 0 aliphatic carbocycles. The first kappa shape index (κ1) is 15.9. The molecular formula is C16H24BrFN2. The first-order chi connectivity index (χ1) is 9.56. The lowest BCUT2D eigenvalue weighted by Crippen LogP contribution is -2.45. The Kier molecular flexibility index (Phi) is 6.00. The second kappa shape index (κ2) is 7.53. The lowest BCUT2D eigenvalue weighted by molar-refractivity contribution is 0.176. The summed E-state index contributed by atoms with van der Waals surface area (Å²) in [6, 6.07) is 5.94. The topological polar surface area (TPSA) is 15.3 Å². The van der Waals surface area contributed by atoms with E-state index in [1.54, 1.807) is 12.1 Å². The van der Waals surface area contributed by atoms with Crippen molar-refractivity contribution >= 4 is 15.9 Å². The fourth-order valence-electron chi connectivity index (χ4n) is 2.70. The Hall–Kier alpha value is -0.450. The fourth-order valence-corrected chi connectivity index (χ4v) is 3.08. The van der Waals surface area contributed by atoms with Crippen molar-refractivity contribution in [1.82, 2.24) is 10.2 Å². The van der Waals surface area contributed by atoms with Crippen molar-refractivity contribution in [2.75, 3.05) is 13.1 Å². The molecule has 1 heterocycles. The zero-order chi connectivity index (χ0) is 14.5. The predicted molar refractivity (Wildman–Crippen MR) is 85.3 cm³/mol. The van der Waals surface area contributed by atoms with Crippen molar-refractivity contribution in [3.63, 3.8) is 0 Å². The average molecular weight is 343 g/mol. The summed E-state index contributed by atoms with van der Waals surface area (Å²) in [5, 5.41) is 3.59. The van der Waals surface area contributed by atoms with Gasteiger partial charge in [-0.05, 0) is 57.0 Å². The molecule has 1 aromatic rings. The molecule has 4 heteroatoms. The third-order valence-electron chi connectivity index (χ3n) is 3.98. The molecule has 1 aromatic carbocycles. The Morgan fingerprint density at radius 1 is 1.40 bits per heavy atom. The summed E-state index contributed by atoms with van der Waals surface area (Å²) in [4.78, 5) is 2.42. The number of nitrogens with one attached hydrogen (secondary N) is 1. The minimum absolute atomic E-state index is 0.164. The van der Waals surface area contributed by atoms with Crippen LogP contribution in [0.5, 0.6) is 0 Å². The fraction of sp³-hybridized carbons (Fsp3) is 0.625. The van der Waals surface area contributed by atoms with Crippen LogP contribution >= 0.6 is 15.9 Å². The van der Waals surface area contributed by atoms with Crippen LogP contribution in [-0.2, 0) is 6.54 Å². The van der Waals surface area contributed by atoms with Gasteiger partial charge in [0, 0.05) is 29.6 Å². The Labute approximate surface area is 129 Å². The van der Waals surface area contributed by atoms with Gasteiger partial charge in [0.25, 0.3) is 0 Å². The van der Waals surface area contributed by atoms with E-state index in [-0.39, 0.29) is 5.82 Å². The maximum atomic E-state index is 13.4. The maximum absolute atomic E-state index is 13.4. The van der Waals surface area contributed by atoms with Crippen LogP contribution < -0.4 is 5.32 Å². The van der Waals surface area contributed by atoms with Crippen LogP contribution in [0.25, 0.3) is 0 Å². The molecule has 1 aliphatic heterocycles. The summed E-state index contributed by atoms with van der Waals surface area (Å²) in [6.45, 7) is 7.35. The molecule has 0 radical (unpaired) electrons. The summed E-state index contributed by atoms with van der Waals surface area (Å²) in [6.07, 6.45) is 3.84. The van der Waals surface area contributed by atoms with Gasteiger partial charge in [0.05, 0.1) is 0 Å². The molecule has 2 rings (SSSR count). The van der Waals surface area contributed by atoms with Crippen LogP contribution in [0, 0.1) is 5.82 Å². The van der Waals surface area contributed by atoms with Gasteiger partial charge in [-0.3, -0.25) is 4.90 Å². The van der Waals surface area contributed by atoms with Crippen molar-refractivity contribution in [2.45, 2.75) is 51.7 Å². The van der Waals surface area contributed by atoms with E-state index in [9.17, 15) is 4.39 Å². The Bertz CT molecular complexity index is 430. The van der Waals surface area contributed by atoms with Gasteiger partial charge >= 0.3 is 0 Å². The zero-order valence-corrected chi connectivity index (χ0v) is 13.9. The number of halogens is 2. The Morgan fingerprint density at radius 3 is 2.85 bits per heavy atom. The maximum Gasteiger partial charge on any atom is 0.123 e. The first-order valence-electron chi connectivity index (χ1n) is 7.47. The van der Waals surface area contributed by atoms with E-state index in [2.05, 4.69) is 40.0 Å². The molecule has 0 aromatic heterocycles. The molecule has 0 amide bonds. The van der Waals surface area contributed by atoms with Gasteiger partial charge < -0.3 is 5.32 Å². The van der Waals surface area contributed by atoms with E-state index >= 15 is 0 Å². The first-order valence-corrected chi connectivity index (χ1v) is 8.27. The predicted octanol–water partition coefficient (Wildman–Crippen LogP) is 3.94. The highest BCUT2D eigenvalue weighted by Gasteiger charge is 2.19. The van der Waals surface area contributed by atoms with Gasteiger partial charge in [0.15, 0.2) is 0 Å². The highest BCUT2D eigenvalue weighted by Crippen LogP contribution is 2.21. The van der Waals surface area contributed by atoms with E-state index in [1.165, 1.54) is 25.3 Å². The molecule has 0 spiro atoms. The van der Waals surface area contributed by atoms with Gasteiger partial charge in [-0.1, -0.05) is 22.4 Å². The van der Waals surface area contributed by atoms with Crippen molar-refractivity contribution in [2.24, 2.45) is 0 Å². The van der Waals surface area contributed by atoms with Gasteiger partial charge in [-0.25, -0.2) is 4.39 Å². The van der Waals surface area contributed by atoms with Gasteiger partial charge in [0.1, 0.15) is 5.82 Å². The van der Waals surface area contributed by atoms with Crippen molar-refractivity contribution < 1.29 is 4.39 Å². The van der Waals surface area contributed by atoms with E-state index in [4.69, 9.17) is 0 Å². The third kappa shape index (κ3) is 4.54. The molecule has 0 bridgehead atoms. The second-order valence-electron chi connectivity index (χ2n) is 5.91. The van der Waals surface area contributed by atoms with Crippen LogP contribution in [0.2, 0.25) is 0 Å². The van der Waals surface area contributed by atoms with Gasteiger partial charge in [0.2, 0.25) is 0 Å². The molecule has 112 valence electrons. The van der Waals surface area contributed by atoms with Crippen LogP contribution in [0.15, 0.2) is 22.7 Å². The quantitative estimate of drug-likeness (QED) is 0.871. The molecule has 1 unspecified atom stereocenters. The van der Waals surface area contributed by atoms with Crippen LogP contribution in [0.1, 0.15) is 38.7 Å². The molecule has 2 nitrogen and oxygen atoms in total. The molecule has 1 N–H and O–H groups in total. The van der Waals surface area contributed by atoms with Crippen molar-refractivity contribution in [3.8, 4) is 0 Å². The third-order valence-corrected chi connectivity index (χ3v) is 4.75. The van der Waals surface area contributed by atoms with E-state index in [1.807, 2.05) is 0 Å². The summed E-state index contributed by atoms with van der Waals surface area (Å²) in [5.74, 6) is -0.164. The molecular weight excluding hydrogens is 319 g/mol. The second-order valence-corrected chi connectivity index (χ2v) is 6.76. The molecule has 1 atom stereocenters. The largest absolute Gasteiger partial charge is 0.313 e. The summed E-state index contributed by atoms with van der Waals surface area (Å²) in [5.41, 5.74) is 1.02.